The molecular weight excluding hydrogens is 204 g/mol. The van der Waals surface area contributed by atoms with Gasteiger partial charge in [0.2, 0.25) is 5.91 Å². The van der Waals surface area contributed by atoms with Gasteiger partial charge in [-0.25, -0.2) is 0 Å². The van der Waals surface area contributed by atoms with Crippen LogP contribution < -0.4 is 10.6 Å². The van der Waals surface area contributed by atoms with Gasteiger partial charge in [0.25, 0.3) is 0 Å². The highest BCUT2D eigenvalue weighted by Gasteiger charge is 2.30. The van der Waals surface area contributed by atoms with E-state index < -0.39 is 0 Å². The molecule has 0 saturated heterocycles. The number of primary amides is 1. The number of anilines is 1. The molecule has 1 aromatic heterocycles. The van der Waals surface area contributed by atoms with E-state index in [9.17, 15) is 4.79 Å². The molecule has 1 aliphatic carbocycles. The third-order valence-electron chi connectivity index (χ3n) is 3.14. The molecule has 84 valence electrons. The second-order valence-electron chi connectivity index (χ2n) is 4.38. The first kappa shape index (κ1) is 9.45. The Hall–Kier alpha value is -1.78. The van der Waals surface area contributed by atoms with Crippen LogP contribution in [0.3, 0.4) is 0 Å². The number of rotatable bonds is 3. The van der Waals surface area contributed by atoms with Gasteiger partial charge in [0.1, 0.15) is 11.9 Å². The van der Waals surface area contributed by atoms with Gasteiger partial charge in [0, 0.05) is 18.5 Å². The Morgan fingerprint density at radius 1 is 1.56 bits per heavy atom. The van der Waals surface area contributed by atoms with E-state index in [1.807, 2.05) is 23.1 Å². The third kappa shape index (κ3) is 1.48. The number of amides is 1. The lowest BCUT2D eigenvalue weighted by molar-refractivity contribution is -0.118. The van der Waals surface area contributed by atoms with E-state index in [2.05, 4.69) is 10.2 Å². The molecule has 1 unspecified atom stereocenters. The van der Waals surface area contributed by atoms with Crippen molar-refractivity contribution in [3.8, 4) is 0 Å². The Morgan fingerprint density at radius 3 is 3.06 bits per heavy atom. The Balaban J connectivity index is 1.82. The second-order valence-corrected chi connectivity index (χ2v) is 4.38. The minimum absolute atomic E-state index is 0.323. The number of hydrogen-bond acceptors (Lipinski definition) is 3. The van der Waals surface area contributed by atoms with Crippen molar-refractivity contribution in [3.63, 3.8) is 0 Å². The molecule has 5 heteroatoms. The monoisotopic (exact) mass is 218 g/mol. The predicted octanol–water partition coefficient (Wildman–Crippen LogP) is 0.517. The van der Waals surface area contributed by atoms with Crippen molar-refractivity contribution in [2.75, 3.05) is 11.4 Å². The summed E-state index contributed by atoms with van der Waals surface area (Å²) in [5.41, 5.74) is 6.44. The fourth-order valence-electron chi connectivity index (χ4n) is 2.08. The van der Waals surface area contributed by atoms with E-state index in [0.29, 0.717) is 12.5 Å². The molecule has 1 fully saturated rings. The summed E-state index contributed by atoms with van der Waals surface area (Å²) in [6, 6.07) is 1.69. The van der Waals surface area contributed by atoms with Gasteiger partial charge >= 0.3 is 0 Å². The van der Waals surface area contributed by atoms with Crippen molar-refractivity contribution in [1.29, 1.82) is 0 Å². The number of aromatic amines is 1. The van der Waals surface area contributed by atoms with Gasteiger partial charge < -0.3 is 10.6 Å². The Labute approximate surface area is 93.3 Å². The van der Waals surface area contributed by atoms with Gasteiger partial charge in [0.05, 0.1) is 5.69 Å². The molecule has 0 bridgehead atoms. The topological polar surface area (TPSA) is 75.0 Å². The molecule has 5 nitrogen and oxygen atoms in total. The van der Waals surface area contributed by atoms with Crippen LogP contribution in [-0.4, -0.2) is 28.7 Å². The van der Waals surface area contributed by atoms with Crippen molar-refractivity contribution >= 4 is 11.7 Å². The van der Waals surface area contributed by atoms with Crippen LogP contribution in [0, 0.1) is 0 Å². The normalized spacial score (nSPS) is 24.0. The van der Waals surface area contributed by atoms with E-state index in [1.165, 1.54) is 12.8 Å². The number of aromatic nitrogens is 2. The predicted molar refractivity (Wildman–Crippen MR) is 60.0 cm³/mol. The first-order chi connectivity index (χ1) is 7.75. The average Bonchev–Trinajstić information content (AvgIpc) is 2.83. The summed E-state index contributed by atoms with van der Waals surface area (Å²) < 4.78 is 0. The molecule has 1 aliphatic heterocycles. The minimum Gasteiger partial charge on any atom is -0.368 e. The summed E-state index contributed by atoms with van der Waals surface area (Å²) >= 11 is 0. The molecule has 3 N–H and O–H groups in total. The maximum Gasteiger partial charge on any atom is 0.244 e. The Bertz CT molecular complexity index is 447. The van der Waals surface area contributed by atoms with Crippen LogP contribution in [0.4, 0.5) is 5.82 Å². The van der Waals surface area contributed by atoms with Crippen LogP contribution in [0.1, 0.15) is 24.5 Å². The van der Waals surface area contributed by atoms with Crippen LogP contribution in [0.25, 0.3) is 0 Å². The van der Waals surface area contributed by atoms with Crippen molar-refractivity contribution in [2.45, 2.75) is 24.8 Å². The number of carbonyl (C=O) groups is 1. The van der Waals surface area contributed by atoms with Gasteiger partial charge in [-0.15, -0.1) is 0 Å². The number of nitrogens with two attached hydrogens (primary N) is 1. The lowest BCUT2D eigenvalue weighted by Crippen LogP contribution is -2.40. The van der Waals surface area contributed by atoms with Crippen molar-refractivity contribution in [2.24, 2.45) is 5.73 Å². The highest BCUT2D eigenvalue weighted by molar-refractivity contribution is 5.86. The summed E-state index contributed by atoms with van der Waals surface area (Å²) in [7, 11) is 0. The van der Waals surface area contributed by atoms with Crippen LogP contribution in [-0.2, 0) is 4.79 Å². The van der Waals surface area contributed by atoms with Crippen LogP contribution in [0.2, 0.25) is 0 Å². The molecule has 0 radical (unpaired) electrons. The maximum atomic E-state index is 11.2. The van der Waals surface area contributed by atoms with E-state index in [-0.39, 0.29) is 11.9 Å². The lowest BCUT2D eigenvalue weighted by atomic mass is 10.2. The molecule has 16 heavy (non-hydrogen) atoms. The third-order valence-corrected chi connectivity index (χ3v) is 3.14. The Kier molecular flexibility index (Phi) is 1.99. The van der Waals surface area contributed by atoms with Gasteiger partial charge in [0.15, 0.2) is 0 Å². The molecule has 0 spiro atoms. The zero-order valence-electron chi connectivity index (χ0n) is 8.89. The standard InChI is InChI=1S/C11H14N4O/c12-11(16)9-2-1-5-15(9)10-6-8(13-14-10)7-3-4-7/h1-2,6-7,9H,3-5H2,(H2,12,16)(H,13,14). The molecule has 1 atom stereocenters. The summed E-state index contributed by atoms with van der Waals surface area (Å²) in [6.07, 6.45) is 6.23. The largest absolute Gasteiger partial charge is 0.368 e. The molecule has 1 aromatic rings. The quantitative estimate of drug-likeness (QED) is 0.726. The van der Waals surface area contributed by atoms with Crippen molar-refractivity contribution in [3.05, 3.63) is 23.9 Å². The SMILES string of the molecule is NC(=O)C1C=CCN1c1cc(C2CC2)n[nH]1. The number of nitrogens with zero attached hydrogens (tertiary/aromatic N) is 2. The van der Waals surface area contributed by atoms with E-state index in [1.54, 1.807) is 0 Å². The minimum atomic E-state index is -0.340. The molecule has 3 rings (SSSR count). The highest BCUT2D eigenvalue weighted by Crippen LogP contribution is 2.40. The molecule has 0 aromatic carbocycles. The molecule has 1 amide bonds. The summed E-state index contributed by atoms with van der Waals surface area (Å²) in [5, 5.41) is 7.25. The first-order valence-corrected chi connectivity index (χ1v) is 5.53. The molecule has 2 aliphatic rings. The van der Waals surface area contributed by atoms with Crippen LogP contribution >= 0.6 is 0 Å². The molecular formula is C11H14N4O. The smallest absolute Gasteiger partial charge is 0.244 e. The van der Waals surface area contributed by atoms with Gasteiger partial charge in [-0.05, 0) is 12.8 Å². The van der Waals surface area contributed by atoms with Crippen LogP contribution in [0.5, 0.6) is 0 Å². The zero-order chi connectivity index (χ0) is 11.1. The Morgan fingerprint density at radius 2 is 2.38 bits per heavy atom. The molecule has 2 heterocycles. The van der Waals surface area contributed by atoms with Crippen molar-refractivity contribution in [1.82, 2.24) is 10.2 Å². The van der Waals surface area contributed by atoms with E-state index >= 15 is 0 Å². The number of nitrogens with one attached hydrogen (secondary N) is 1. The lowest BCUT2D eigenvalue weighted by Gasteiger charge is -2.21. The number of H-pyrrole nitrogens is 1. The van der Waals surface area contributed by atoms with Gasteiger partial charge in [-0.1, -0.05) is 12.2 Å². The fourth-order valence-corrected chi connectivity index (χ4v) is 2.08. The maximum absolute atomic E-state index is 11.2. The van der Waals surface area contributed by atoms with Gasteiger partial charge in [-0.3, -0.25) is 9.89 Å². The highest BCUT2D eigenvalue weighted by atomic mass is 16.1. The van der Waals surface area contributed by atoms with E-state index in [0.717, 1.165) is 11.5 Å². The van der Waals surface area contributed by atoms with Crippen LogP contribution in [0.15, 0.2) is 18.2 Å². The summed E-state index contributed by atoms with van der Waals surface area (Å²) in [6.45, 7) is 0.708. The molecule has 1 saturated carbocycles. The summed E-state index contributed by atoms with van der Waals surface area (Å²) in [4.78, 5) is 13.2. The second kappa shape index (κ2) is 3.37. The van der Waals surface area contributed by atoms with Crippen molar-refractivity contribution < 1.29 is 4.79 Å². The first-order valence-electron chi connectivity index (χ1n) is 5.53. The number of hydrogen-bond donors (Lipinski definition) is 2. The number of carbonyl (C=O) groups excluding carboxylic acids is 1. The van der Waals surface area contributed by atoms with E-state index in [4.69, 9.17) is 5.73 Å². The average molecular weight is 218 g/mol. The fraction of sp³-hybridized carbons (Fsp3) is 0.455. The summed E-state index contributed by atoms with van der Waals surface area (Å²) in [5.74, 6) is 1.18. The van der Waals surface area contributed by atoms with Gasteiger partial charge in [-0.2, -0.15) is 5.10 Å². The zero-order valence-corrected chi connectivity index (χ0v) is 8.89.